The lowest BCUT2D eigenvalue weighted by atomic mass is 10.2. The van der Waals surface area contributed by atoms with Gasteiger partial charge in [0.05, 0.1) is 26.4 Å². The molecule has 0 spiro atoms. The zero-order chi connectivity index (χ0) is 18.6. The molecule has 6 heteroatoms. The molecule has 26 heavy (non-hydrogen) atoms. The molecule has 2 unspecified atom stereocenters. The fraction of sp³-hybridized carbons (Fsp3) is 0.650. The third-order valence-corrected chi connectivity index (χ3v) is 4.47. The second kappa shape index (κ2) is 11.8. The number of rotatable bonds is 9. The predicted molar refractivity (Wildman–Crippen MR) is 107 cm³/mol. The van der Waals surface area contributed by atoms with Crippen LogP contribution in [0.4, 0.5) is 0 Å². The first kappa shape index (κ1) is 20.5. The van der Waals surface area contributed by atoms with E-state index in [1.54, 1.807) is 0 Å². The average molecular weight is 363 g/mol. The molecule has 1 aromatic carbocycles. The molecule has 1 aliphatic heterocycles. The van der Waals surface area contributed by atoms with Crippen LogP contribution in [0.25, 0.3) is 0 Å². The summed E-state index contributed by atoms with van der Waals surface area (Å²) in [6, 6.07) is 10.8. The van der Waals surface area contributed by atoms with Gasteiger partial charge in [-0.1, -0.05) is 18.2 Å². The molecule has 2 atom stereocenters. The van der Waals surface area contributed by atoms with Gasteiger partial charge in [0.15, 0.2) is 5.96 Å². The molecule has 0 aliphatic carbocycles. The van der Waals surface area contributed by atoms with Crippen LogP contribution >= 0.6 is 0 Å². The highest BCUT2D eigenvalue weighted by molar-refractivity contribution is 5.79. The number of benzene rings is 1. The van der Waals surface area contributed by atoms with E-state index >= 15 is 0 Å². The Hall–Kier alpha value is -1.79. The van der Waals surface area contributed by atoms with Gasteiger partial charge in [-0.15, -0.1) is 0 Å². The first-order valence-corrected chi connectivity index (χ1v) is 9.74. The van der Waals surface area contributed by atoms with Gasteiger partial charge in [0.2, 0.25) is 0 Å². The molecule has 1 saturated heterocycles. The maximum absolute atomic E-state index is 5.72. The smallest absolute Gasteiger partial charge is 0.191 e. The number of hydrogen-bond acceptors (Lipinski definition) is 4. The van der Waals surface area contributed by atoms with Gasteiger partial charge in [-0.25, -0.2) is 0 Å². The van der Waals surface area contributed by atoms with Crippen LogP contribution in [0, 0.1) is 0 Å². The first-order valence-electron chi connectivity index (χ1n) is 9.74. The largest absolute Gasteiger partial charge is 0.494 e. The molecule has 0 amide bonds. The maximum Gasteiger partial charge on any atom is 0.191 e. The molecule has 6 nitrogen and oxygen atoms in total. The fourth-order valence-corrected chi connectivity index (χ4v) is 3.05. The van der Waals surface area contributed by atoms with Crippen LogP contribution in [0.15, 0.2) is 35.3 Å². The van der Waals surface area contributed by atoms with Gasteiger partial charge in [-0.3, -0.25) is 9.89 Å². The van der Waals surface area contributed by atoms with E-state index in [1.807, 2.05) is 30.3 Å². The Kier molecular flexibility index (Phi) is 9.28. The number of aliphatic imine (C=N–C) groups is 1. The summed E-state index contributed by atoms with van der Waals surface area (Å²) in [5, 5.41) is 6.71. The molecule has 0 saturated carbocycles. The van der Waals surface area contributed by atoms with E-state index in [9.17, 15) is 0 Å². The zero-order valence-corrected chi connectivity index (χ0v) is 16.4. The summed E-state index contributed by atoms with van der Waals surface area (Å²) in [5.74, 6) is 1.79. The quantitative estimate of drug-likeness (QED) is 0.400. The second-order valence-electron chi connectivity index (χ2n) is 6.67. The summed E-state index contributed by atoms with van der Waals surface area (Å²) < 4.78 is 11.2. The van der Waals surface area contributed by atoms with Crippen LogP contribution < -0.4 is 15.4 Å². The summed E-state index contributed by atoms with van der Waals surface area (Å²) in [4.78, 5) is 7.23. The summed E-state index contributed by atoms with van der Waals surface area (Å²) in [7, 11) is 0. The van der Waals surface area contributed by atoms with E-state index in [0.717, 1.165) is 57.5 Å². The summed E-state index contributed by atoms with van der Waals surface area (Å²) >= 11 is 0. The fourth-order valence-electron chi connectivity index (χ4n) is 3.05. The molecule has 0 bridgehead atoms. The average Bonchev–Trinajstić information content (AvgIpc) is 2.66. The lowest BCUT2D eigenvalue weighted by Gasteiger charge is -2.37. The van der Waals surface area contributed by atoms with Crippen molar-refractivity contribution in [1.82, 2.24) is 15.5 Å². The van der Waals surface area contributed by atoms with Crippen molar-refractivity contribution in [2.45, 2.75) is 39.3 Å². The van der Waals surface area contributed by atoms with Crippen LogP contribution in [-0.2, 0) is 4.74 Å². The molecule has 0 aromatic heterocycles. The van der Waals surface area contributed by atoms with E-state index in [2.05, 4.69) is 36.3 Å². The number of ether oxygens (including phenoxy) is 2. The monoisotopic (exact) mass is 362 g/mol. The topological polar surface area (TPSA) is 58.1 Å². The molecule has 2 rings (SSSR count). The van der Waals surface area contributed by atoms with Gasteiger partial charge >= 0.3 is 0 Å². The lowest BCUT2D eigenvalue weighted by molar-refractivity contribution is -0.0165. The van der Waals surface area contributed by atoms with Crippen molar-refractivity contribution in [2.75, 3.05) is 46.0 Å². The normalized spacial score (nSPS) is 19.8. The van der Waals surface area contributed by atoms with Gasteiger partial charge in [-0.2, -0.15) is 0 Å². The van der Waals surface area contributed by atoms with Crippen molar-refractivity contribution in [3.05, 3.63) is 30.3 Å². The van der Waals surface area contributed by atoms with Gasteiger partial charge in [-0.05, 0) is 39.3 Å². The highest BCUT2D eigenvalue weighted by atomic mass is 16.5. The van der Waals surface area contributed by atoms with Crippen molar-refractivity contribution >= 4 is 5.96 Å². The SMILES string of the molecule is CCNC(=NCC(C)N1CCOCC1C)NCCCOc1ccccc1. The Bertz CT molecular complexity index is 524. The Morgan fingerprint density at radius 2 is 2.15 bits per heavy atom. The Labute approximate surface area is 158 Å². The van der Waals surface area contributed by atoms with E-state index in [1.165, 1.54) is 0 Å². The summed E-state index contributed by atoms with van der Waals surface area (Å²) in [6.07, 6.45) is 0.926. The molecule has 2 N–H and O–H groups in total. The molecular formula is C20H34N4O2. The molecule has 0 radical (unpaired) electrons. The molecular weight excluding hydrogens is 328 g/mol. The number of nitrogens with one attached hydrogen (secondary N) is 2. The molecule has 1 fully saturated rings. The standard InChI is InChI=1S/C20H34N4O2/c1-4-21-20(22-11-8-13-26-19-9-6-5-7-10-19)23-15-17(2)24-12-14-25-16-18(24)3/h5-7,9-10,17-18H,4,8,11-16H2,1-3H3,(H2,21,22,23). The summed E-state index contributed by atoms with van der Waals surface area (Å²) in [5.41, 5.74) is 0. The first-order chi connectivity index (χ1) is 12.7. The van der Waals surface area contributed by atoms with Crippen molar-refractivity contribution in [3.8, 4) is 5.75 Å². The number of para-hydroxylation sites is 1. The third-order valence-electron chi connectivity index (χ3n) is 4.47. The number of morpholine rings is 1. The van der Waals surface area contributed by atoms with E-state index < -0.39 is 0 Å². The zero-order valence-electron chi connectivity index (χ0n) is 16.4. The molecule has 1 aromatic rings. The highest BCUT2D eigenvalue weighted by Crippen LogP contribution is 2.11. The second-order valence-corrected chi connectivity index (χ2v) is 6.67. The van der Waals surface area contributed by atoms with Crippen molar-refractivity contribution < 1.29 is 9.47 Å². The van der Waals surface area contributed by atoms with Crippen molar-refractivity contribution in [1.29, 1.82) is 0 Å². The molecule has 1 heterocycles. The van der Waals surface area contributed by atoms with Crippen molar-refractivity contribution in [3.63, 3.8) is 0 Å². The van der Waals surface area contributed by atoms with E-state index in [4.69, 9.17) is 14.5 Å². The highest BCUT2D eigenvalue weighted by Gasteiger charge is 2.23. The van der Waals surface area contributed by atoms with Crippen LogP contribution in [0.1, 0.15) is 27.2 Å². The minimum atomic E-state index is 0.408. The van der Waals surface area contributed by atoms with Crippen LogP contribution in [0.5, 0.6) is 5.75 Å². The van der Waals surface area contributed by atoms with Crippen LogP contribution in [-0.4, -0.2) is 68.9 Å². The lowest BCUT2D eigenvalue weighted by Crippen LogP contribution is -2.49. The minimum absolute atomic E-state index is 0.408. The molecule has 1 aliphatic rings. The molecule has 146 valence electrons. The van der Waals surface area contributed by atoms with Gasteiger partial charge in [0, 0.05) is 31.7 Å². The minimum Gasteiger partial charge on any atom is -0.494 e. The number of nitrogens with zero attached hydrogens (tertiary/aromatic N) is 2. The Morgan fingerprint density at radius 1 is 1.35 bits per heavy atom. The van der Waals surface area contributed by atoms with Crippen LogP contribution in [0.3, 0.4) is 0 Å². The van der Waals surface area contributed by atoms with Gasteiger partial charge < -0.3 is 20.1 Å². The van der Waals surface area contributed by atoms with Gasteiger partial charge in [0.25, 0.3) is 0 Å². The maximum atomic E-state index is 5.72. The summed E-state index contributed by atoms with van der Waals surface area (Å²) in [6.45, 7) is 12.3. The van der Waals surface area contributed by atoms with E-state index in [-0.39, 0.29) is 0 Å². The third kappa shape index (κ3) is 7.22. The number of hydrogen-bond donors (Lipinski definition) is 2. The van der Waals surface area contributed by atoms with Crippen LogP contribution in [0.2, 0.25) is 0 Å². The Balaban J connectivity index is 1.70. The predicted octanol–water partition coefficient (Wildman–Crippen LogP) is 2.12. The van der Waals surface area contributed by atoms with E-state index in [0.29, 0.717) is 18.7 Å². The van der Waals surface area contributed by atoms with Crippen molar-refractivity contribution in [2.24, 2.45) is 4.99 Å². The Morgan fingerprint density at radius 3 is 2.88 bits per heavy atom. The van der Waals surface area contributed by atoms with Gasteiger partial charge in [0.1, 0.15) is 5.75 Å². The number of guanidine groups is 1.